The van der Waals surface area contributed by atoms with Crippen molar-refractivity contribution < 1.29 is 19.0 Å². The number of rotatable bonds is 9. The van der Waals surface area contributed by atoms with Crippen molar-refractivity contribution >= 4 is 35.9 Å². The van der Waals surface area contributed by atoms with E-state index < -0.39 is 0 Å². The molecule has 0 amide bonds. The van der Waals surface area contributed by atoms with Crippen LogP contribution >= 0.6 is 24.0 Å². The number of hydrogen-bond acceptors (Lipinski definition) is 6. The highest BCUT2D eigenvalue weighted by molar-refractivity contribution is 14.0. The van der Waals surface area contributed by atoms with Gasteiger partial charge in [0.2, 0.25) is 0 Å². The van der Waals surface area contributed by atoms with E-state index in [4.69, 9.17) is 9.47 Å². The maximum atomic E-state index is 11.2. The van der Waals surface area contributed by atoms with Crippen molar-refractivity contribution in [2.75, 3.05) is 47.5 Å². The number of hydrogen-bond donors (Lipinski definition) is 2. The topological polar surface area (TPSA) is 84.4 Å². The molecular formula is C20H33IN4O4. The number of ether oxygens (including phenoxy) is 3. The first-order chi connectivity index (χ1) is 13.6. The summed E-state index contributed by atoms with van der Waals surface area (Å²) in [4.78, 5) is 18.1. The van der Waals surface area contributed by atoms with Gasteiger partial charge in [0.25, 0.3) is 0 Å². The lowest BCUT2D eigenvalue weighted by Crippen LogP contribution is -2.44. The number of likely N-dealkylation sites (tertiary alicyclic amines) is 1. The van der Waals surface area contributed by atoms with Gasteiger partial charge in [-0.05, 0) is 31.0 Å². The van der Waals surface area contributed by atoms with Gasteiger partial charge >= 0.3 is 5.97 Å². The Labute approximate surface area is 190 Å². The van der Waals surface area contributed by atoms with Gasteiger partial charge in [0.05, 0.1) is 34.3 Å². The molecule has 2 N–H and O–H groups in total. The van der Waals surface area contributed by atoms with Crippen molar-refractivity contribution in [2.24, 2.45) is 4.99 Å². The smallest absolute Gasteiger partial charge is 0.307 e. The Morgan fingerprint density at radius 2 is 1.90 bits per heavy atom. The molecule has 2 rings (SSSR count). The standard InChI is InChI=1S/C20H32N4O4.HI/c1-5-21-20(22-8-6-19(25)28-4)23-16-7-9-24(14-16)13-15-10-17(26-2)12-18(11-15)27-3;/h10-12,16H,5-9,13-14H2,1-4H3,(H2,21,22,23);1H. The zero-order valence-electron chi connectivity index (χ0n) is 17.7. The highest BCUT2D eigenvalue weighted by Gasteiger charge is 2.23. The number of carbonyl (C=O) groups excluding carboxylic acids is 1. The van der Waals surface area contributed by atoms with Crippen molar-refractivity contribution in [3.63, 3.8) is 0 Å². The Kier molecular flexibility index (Phi) is 11.7. The third-order valence-corrected chi connectivity index (χ3v) is 4.59. The summed E-state index contributed by atoms with van der Waals surface area (Å²) in [5.41, 5.74) is 1.16. The normalized spacial score (nSPS) is 16.7. The zero-order chi connectivity index (χ0) is 20.4. The van der Waals surface area contributed by atoms with Gasteiger partial charge in [-0.2, -0.15) is 0 Å². The van der Waals surface area contributed by atoms with Crippen LogP contribution < -0.4 is 20.1 Å². The minimum atomic E-state index is -0.250. The molecule has 0 aromatic heterocycles. The molecule has 1 aliphatic heterocycles. The lowest BCUT2D eigenvalue weighted by Gasteiger charge is -2.19. The minimum Gasteiger partial charge on any atom is -0.497 e. The molecule has 0 saturated carbocycles. The molecule has 1 unspecified atom stereocenters. The number of carbonyl (C=O) groups is 1. The van der Waals surface area contributed by atoms with E-state index >= 15 is 0 Å². The van der Waals surface area contributed by atoms with Crippen LogP contribution in [0, 0.1) is 0 Å². The molecule has 29 heavy (non-hydrogen) atoms. The number of halogens is 1. The van der Waals surface area contributed by atoms with E-state index in [-0.39, 0.29) is 36.4 Å². The molecule has 0 bridgehead atoms. The van der Waals surface area contributed by atoms with E-state index in [1.54, 1.807) is 14.2 Å². The second-order valence-electron chi connectivity index (χ2n) is 6.67. The summed E-state index contributed by atoms with van der Waals surface area (Å²) in [5, 5.41) is 6.70. The second kappa shape index (κ2) is 13.5. The highest BCUT2D eigenvalue weighted by atomic mass is 127. The molecule has 1 aliphatic rings. The summed E-state index contributed by atoms with van der Waals surface area (Å²) in [7, 11) is 4.72. The van der Waals surface area contributed by atoms with E-state index in [1.807, 2.05) is 25.1 Å². The summed E-state index contributed by atoms with van der Waals surface area (Å²) in [5.74, 6) is 2.09. The number of methoxy groups -OCH3 is 3. The van der Waals surface area contributed by atoms with Crippen LogP contribution in [0.4, 0.5) is 0 Å². The molecule has 0 radical (unpaired) electrons. The van der Waals surface area contributed by atoms with Gasteiger partial charge in [-0.15, -0.1) is 24.0 Å². The fourth-order valence-corrected chi connectivity index (χ4v) is 3.18. The third kappa shape index (κ3) is 8.65. The van der Waals surface area contributed by atoms with Crippen LogP contribution in [0.1, 0.15) is 25.3 Å². The van der Waals surface area contributed by atoms with Gasteiger partial charge in [0, 0.05) is 38.3 Å². The van der Waals surface area contributed by atoms with Crippen molar-refractivity contribution in [1.82, 2.24) is 15.5 Å². The fraction of sp³-hybridized carbons (Fsp3) is 0.600. The first kappa shape index (κ1) is 25.3. The van der Waals surface area contributed by atoms with Gasteiger partial charge in [-0.25, -0.2) is 0 Å². The van der Waals surface area contributed by atoms with Gasteiger partial charge in [0.1, 0.15) is 11.5 Å². The van der Waals surface area contributed by atoms with Crippen LogP contribution in [-0.2, 0) is 16.1 Å². The summed E-state index contributed by atoms with van der Waals surface area (Å²) in [6.07, 6.45) is 1.31. The van der Waals surface area contributed by atoms with E-state index in [2.05, 4.69) is 25.3 Å². The summed E-state index contributed by atoms with van der Waals surface area (Å²) in [6, 6.07) is 6.28. The van der Waals surface area contributed by atoms with Crippen LogP contribution in [-0.4, -0.2) is 70.4 Å². The average Bonchev–Trinajstić information content (AvgIpc) is 3.14. The molecule has 8 nitrogen and oxygen atoms in total. The summed E-state index contributed by atoms with van der Waals surface area (Å²) < 4.78 is 15.4. The van der Waals surface area contributed by atoms with E-state index in [1.165, 1.54) is 7.11 Å². The van der Waals surface area contributed by atoms with Crippen LogP contribution in [0.15, 0.2) is 23.2 Å². The number of aliphatic imine (C=N–C) groups is 1. The maximum Gasteiger partial charge on any atom is 0.307 e. The van der Waals surface area contributed by atoms with Crippen LogP contribution in [0.25, 0.3) is 0 Å². The van der Waals surface area contributed by atoms with Gasteiger partial charge < -0.3 is 24.8 Å². The molecule has 1 atom stereocenters. The molecule has 1 aromatic carbocycles. The van der Waals surface area contributed by atoms with Crippen molar-refractivity contribution in [1.29, 1.82) is 0 Å². The number of esters is 1. The molecule has 1 heterocycles. The number of nitrogens with zero attached hydrogens (tertiary/aromatic N) is 2. The van der Waals surface area contributed by atoms with Gasteiger partial charge in [-0.3, -0.25) is 14.7 Å². The largest absolute Gasteiger partial charge is 0.497 e. The Morgan fingerprint density at radius 1 is 1.21 bits per heavy atom. The molecule has 0 spiro atoms. The third-order valence-electron chi connectivity index (χ3n) is 4.59. The zero-order valence-corrected chi connectivity index (χ0v) is 20.0. The Morgan fingerprint density at radius 3 is 2.48 bits per heavy atom. The monoisotopic (exact) mass is 520 g/mol. The predicted molar refractivity (Wildman–Crippen MR) is 124 cm³/mol. The van der Waals surface area contributed by atoms with Gasteiger partial charge in [-0.1, -0.05) is 0 Å². The van der Waals surface area contributed by atoms with Crippen LogP contribution in [0.2, 0.25) is 0 Å². The number of guanidine groups is 1. The number of benzene rings is 1. The first-order valence-electron chi connectivity index (χ1n) is 9.63. The average molecular weight is 520 g/mol. The Bertz CT molecular complexity index is 650. The highest BCUT2D eigenvalue weighted by Crippen LogP contribution is 2.24. The minimum absolute atomic E-state index is 0. The molecule has 0 aliphatic carbocycles. The van der Waals surface area contributed by atoms with Crippen LogP contribution in [0.3, 0.4) is 0 Å². The second-order valence-corrected chi connectivity index (χ2v) is 6.67. The quantitative estimate of drug-likeness (QED) is 0.223. The molecule has 164 valence electrons. The van der Waals surface area contributed by atoms with Gasteiger partial charge in [0.15, 0.2) is 5.96 Å². The van der Waals surface area contributed by atoms with Crippen LogP contribution in [0.5, 0.6) is 11.5 Å². The van der Waals surface area contributed by atoms with Crippen molar-refractivity contribution in [3.05, 3.63) is 23.8 Å². The lowest BCUT2D eigenvalue weighted by molar-refractivity contribution is -0.140. The molecule has 1 saturated heterocycles. The van der Waals surface area contributed by atoms with Crippen molar-refractivity contribution in [2.45, 2.75) is 32.4 Å². The SMILES string of the molecule is CCNC(=NCCC(=O)OC)NC1CCN(Cc2cc(OC)cc(OC)c2)C1.I. The number of nitrogens with one attached hydrogen (secondary N) is 2. The molecule has 1 aromatic rings. The molecule has 1 fully saturated rings. The lowest BCUT2D eigenvalue weighted by atomic mass is 10.2. The van der Waals surface area contributed by atoms with E-state index in [0.29, 0.717) is 12.6 Å². The maximum absolute atomic E-state index is 11.2. The summed E-state index contributed by atoms with van der Waals surface area (Å²) in [6.45, 7) is 5.95. The molecular weight excluding hydrogens is 487 g/mol. The van der Waals surface area contributed by atoms with Crippen molar-refractivity contribution in [3.8, 4) is 11.5 Å². The summed E-state index contributed by atoms with van der Waals surface area (Å²) >= 11 is 0. The Hall–Kier alpha value is -1.75. The van der Waals surface area contributed by atoms with E-state index in [0.717, 1.165) is 55.6 Å². The van der Waals surface area contributed by atoms with E-state index in [9.17, 15) is 4.79 Å². The predicted octanol–water partition coefficient (Wildman–Crippen LogP) is 2.01. The first-order valence-corrected chi connectivity index (χ1v) is 9.63. The Balaban J connectivity index is 0.00000420. The molecule has 9 heteroatoms. The fourth-order valence-electron chi connectivity index (χ4n) is 3.18.